The highest BCUT2D eigenvalue weighted by Crippen LogP contribution is 2.32. The molecular weight excluding hydrogens is 281 g/mol. The molecule has 0 radical (unpaired) electrons. The van der Waals surface area contributed by atoms with Crippen molar-refractivity contribution < 1.29 is 18.0 Å². The van der Waals surface area contributed by atoms with Crippen LogP contribution in [-0.4, -0.2) is 30.4 Å². The van der Waals surface area contributed by atoms with Gasteiger partial charge in [-0.05, 0) is 31.0 Å². The summed E-state index contributed by atoms with van der Waals surface area (Å²) in [6, 6.07) is 4.85. The summed E-state index contributed by atoms with van der Waals surface area (Å²) >= 11 is 0. The van der Waals surface area contributed by atoms with E-state index in [9.17, 15) is 18.0 Å². The molecule has 1 aromatic rings. The predicted octanol–water partition coefficient (Wildman–Crippen LogP) is 3.15. The first kappa shape index (κ1) is 17.5. The maximum absolute atomic E-state index is 13.0. The van der Waals surface area contributed by atoms with E-state index in [0.29, 0.717) is 19.6 Å². The average Bonchev–Trinajstić information content (AvgIpc) is 2.43. The van der Waals surface area contributed by atoms with E-state index in [1.165, 1.54) is 23.1 Å². The van der Waals surface area contributed by atoms with Crippen LogP contribution >= 0.6 is 0 Å². The fraction of sp³-hybridized carbons (Fsp3) is 0.533. The van der Waals surface area contributed by atoms with Gasteiger partial charge in [0, 0.05) is 13.1 Å². The van der Waals surface area contributed by atoms with Crippen molar-refractivity contribution in [3.63, 3.8) is 0 Å². The molecule has 0 saturated carbocycles. The van der Waals surface area contributed by atoms with Gasteiger partial charge in [0.2, 0.25) is 0 Å². The van der Waals surface area contributed by atoms with Crippen molar-refractivity contribution in [3.8, 4) is 0 Å². The van der Waals surface area contributed by atoms with Gasteiger partial charge in [0.25, 0.3) is 5.91 Å². The van der Waals surface area contributed by atoms with Gasteiger partial charge < -0.3 is 10.6 Å². The lowest BCUT2D eigenvalue weighted by Crippen LogP contribution is -2.42. The second-order valence-electron chi connectivity index (χ2n) is 5.73. The Morgan fingerprint density at radius 1 is 1.24 bits per heavy atom. The fourth-order valence-corrected chi connectivity index (χ4v) is 2.00. The van der Waals surface area contributed by atoms with E-state index in [2.05, 4.69) is 0 Å². The van der Waals surface area contributed by atoms with Crippen molar-refractivity contribution in [1.29, 1.82) is 0 Å². The summed E-state index contributed by atoms with van der Waals surface area (Å²) in [5.74, 6) is -0.619. The van der Waals surface area contributed by atoms with Gasteiger partial charge in [-0.15, -0.1) is 0 Å². The zero-order valence-corrected chi connectivity index (χ0v) is 12.5. The maximum atomic E-state index is 13.0. The third-order valence-electron chi connectivity index (χ3n) is 3.30. The molecule has 0 atom stereocenters. The van der Waals surface area contributed by atoms with Gasteiger partial charge in [-0.2, -0.15) is 13.2 Å². The smallest absolute Gasteiger partial charge is 0.338 e. The zero-order valence-electron chi connectivity index (χ0n) is 12.5. The van der Waals surface area contributed by atoms with Crippen LogP contribution < -0.4 is 5.73 Å². The van der Waals surface area contributed by atoms with Crippen molar-refractivity contribution in [2.75, 3.05) is 19.6 Å². The minimum atomic E-state index is -4.55. The highest BCUT2D eigenvalue weighted by Gasteiger charge is 2.36. The fourth-order valence-electron chi connectivity index (χ4n) is 2.00. The van der Waals surface area contributed by atoms with Crippen molar-refractivity contribution >= 4 is 5.91 Å². The largest absolute Gasteiger partial charge is 0.417 e. The van der Waals surface area contributed by atoms with Crippen LogP contribution in [0.15, 0.2) is 24.3 Å². The summed E-state index contributed by atoms with van der Waals surface area (Å²) in [6.07, 6.45) is -4.55. The summed E-state index contributed by atoms with van der Waals surface area (Å²) in [6.45, 7) is 6.47. The molecule has 1 amide bonds. The third-order valence-corrected chi connectivity index (χ3v) is 3.30. The molecule has 21 heavy (non-hydrogen) atoms. The Morgan fingerprint density at radius 2 is 1.81 bits per heavy atom. The van der Waals surface area contributed by atoms with Crippen LogP contribution in [0.1, 0.15) is 36.7 Å². The van der Waals surface area contributed by atoms with Crippen LogP contribution in [0, 0.1) is 5.41 Å². The number of nitrogens with zero attached hydrogens (tertiary/aromatic N) is 1. The van der Waals surface area contributed by atoms with E-state index < -0.39 is 17.6 Å². The lowest BCUT2D eigenvalue weighted by Gasteiger charge is -2.31. The number of amides is 1. The summed E-state index contributed by atoms with van der Waals surface area (Å²) < 4.78 is 39.0. The lowest BCUT2D eigenvalue weighted by atomic mass is 9.92. The molecule has 3 nitrogen and oxygen atoms in total. The molecule has 2 N–H and O–H groups in total. The molecule has 118 valence electrons. The second-order valence-corrected chi connectivity index (χ2v) is 5.73. The van der Waals surface area contributed by atoms with Gasteiger partial charge in [0.1, 0.15) is 0 Å². The number of alkyl halides is 3. The molecule has 0 bridgehead atoms. The SMILES string of the molecule is CCN(CC(C)(C)CN)C(=O)c1ccccc1C(F)(F)F. The molecule has 0 heterocycles. The van der Waals surface area contributed by atoms with E-state index in [1.807, 2.05) is 13.8 Å². The third kappa shape index (κ3) is 4.46. The first-order valence-corrected chi connectivity index (χ1v) is 6.78. The first-order chi connectivity index (χ1) is 9.62. The van der Waals surface area contributed by atoms with Crippen LogP contribution in [-0.2, 0) is 6.18 Å². The Kier molecular flexibility index (Phi) is 5.39. The molecule has 1 rings (SSSR count). The summed E-state index contributed by atoms with van der Waals surface area (Å²) in [4.78, 5) is 13.8. The van der Waals surface area contributed by atoms with Gasteiger partial charge in [-0.1, -0.05) is 26.0 Å². The monoisotopic (exact) mass is 302 g/mol. The first-order valence-electron chi connectivity index (χ1n) is 6.78. The summed E-state index contributed by atoms with van der Waals surface area (Å²) in [5, 5.41) is 0. The maximum Gasteiger partial charge on any atom is 0.417 e. The molecule has 0 unspecified atom stereocenters. The second kappa shape index (κ2) is 6.47. The van der Waals surface area contributed by atoms with Crippen LogP contribution in [0.3, 0.4) is 0 Å². The van der Waals surface area contributed by atoms with Crippen LogP contribution in [0.4, 0.5) is 13.2 Å². The molecule has 0 fully saturated rings. The van der Waals surface area contributed by atoms with E-state index in [0.717, 1.165) is 6.07 Å². The van der Waals surface area contributed by atoms with Crippen LogP contribution in [0.2, 0.25) is 0 Å². The molecule has 0 saturated heterocycles. The van der Waals surface area contributed by atoms with Gasteiger partial charge in [0.05, 0.1) is 11.1 Å². The van der Waals surface area contributed by atoms with Crippen molar-refractivity contribution in [2.24, 2.45) is 11.1 Å². The van der Waals surface area contributed by atoms with Gasteiger partial charge >= 0.3 is 6.18 Å². The highest BCUT2D eigenvalue weighted by atomic mass is 19.4. The number of carbonyl (C=O) groups excluding carboxylic acids is 1. The number of carbonyl (C=O) groups is 1. The Balaban J connectivity index is 3.12. The molecule has 6 heteroatoms. The average molecular weight is 302 g/mol. The van der Waals surface area contributed by atoms with E-state index in [4.69, 9.17) is 5.73 Å². The van der Waals surface area contributed by atoms with E-state index >= 15 is 0 Å². The molecule has 0 aliphatic heterocycles. The Morgan fingerprint density at radius 3 is 2.29 bits per heavy atom. The van der Waals surface area contributed by atoms with Crippen molar-refractivity contribution in [3.05, 3.63) is 35.4 Å². The van der Waals surface area contributed by atoms with Gasteiger partial charge in [0.15, 0.2) is 0 Å². The number of benzene rings is 1. The molecule has 1 aromatic carbocycles. The Bertz CT molecular complexity index is 498. The predicted molar refractivity (Wildman–Crippen MR) is 75.9 cm³/mol. The van der Waals surface area contributed by atoms with E-state index in [1.54, 1.807) is 6.92 Å². The zero-order chi connectivity index (χ0) is 16.3. The number of hydrogen-bond acceptors (Lipinski definition) is 2. The lowest BCUT2D eigenvalue weighted by molar-refractivity contribution is -0.138. The Hall–Kier alpha value is -1.56. The normalized spacial score (nSPS) is 12.3. The molecule has 0 aromatic heterocycles. The van der Waals surface area contributed by atoms with Crippen LogP contribution in [0.25, 0.3) is 0 Å². The topological polar surface area (TPSA) is 46.3 Å². The summed E-state index contributed by atoms with van der Waals surface area (Å²) in [5.41, 5.74) is 4.06. The number of rotatable bonds is 5. The minimum Gasteiger partial charge on any atom is -0.338 e. The number of halogens is 3. The molecule has 0 spiro atoms. The van der Waals surface area contributed by atoms with Crippen LogP contribution in [0.5, 0.6) is 0 Å². The highest BCUT2D eigenvalue weighted by molar-refractivity contribution is 5.96. The molecule has 0 aliphatic carbocycles. The van der Waals surface area contributed by atoms with Gasteiger partial charge in [-0.3, -0.25) is 4.79 Å². The van der Waals surface area contributed by atoms with E-state index in [-0.39, 0.29) is 11.0 Å². The quantitative estimate of drug-likeness (QED) is 0.908. The number of nitrogens with two attached hydrogens (primary N) is 1. The standard InChI is InChI=1S/C15H21F3N2O/c1-4-20(10-14(2,3)9-19)13(21)11-7-5-6-8-12(11)15(16,17)18/h5-8H,4,9-10,19H2,1-3H3. The van der Waals surface area contributed by atoms with Gasteiger partial charge in [-0.25, -0.2) is 0 Å². The summed E-state index contributed by atoms with van der Waals surface area (Å²) in [7, 11) is 0. The molecular formula is C15H21F3N2O. The van der Waals surface area contributed by atoms with Crippen molar-refractivity contribution in [2.45, 2.75) is 26.9 Å². The Labute approximate surface area is 122 Å². The minimum absolute atomic E-state index is 0.311. The molecule has 0 aliphatic rings. The number of hydrogen-bond donors (Lipinski definition) is 1. The van der Waals surface area contributed by atoms with Crippen molar-refractivity contribution in [1.82, 2.24) is 4.90 Å².